The van der Waals surface area contributed by atoms with E-state index in [9.17, 15) is 4.79 Å². The van der Waals surface area contributed by atoms with Crippen LogP contribution in [0.4, 0.5) is 5.69 Å². The first kappa shape index (κ1) is 14.3. The molecule has 1 amide bonds. The standard InChI is InChI=1S/C14H20BrN3O/c1-2-8-18(10-6-7-17-9-10)12-5-3-4-11(15)13(12)14(16)19/h3-5,10,17H,2,6-9H2,1H3,(H2,16,19). The molecule has 0 aromatic heterocycles. The van der Waals surface area contributed by atoms with Crippen molar-refractivity contribution in [3.63, 3.8) is 0 Å². The molecule has 1 aromatic carbocycles. The first-order valence-electron chi connectivity index (χ1n) is 6.70. The maximum absolute atomic E-state index is 11.7. The van der Waals surface area contributed by atoms with E-state index in [0.29, 0.717) is 11.6 Å². The highest BCUT2D eigenvalue weighted by Crippen LogP contribution is 2.30. The van der Waals surface area contributed by atoms with Crippen molar-refractivity contribution in [3.8, 4) is 0 Å². The molecule has 0 aliphatic carbocycles. The van der Waals surface area contributed by atoms with Gasteiger partial charge < -0.3 is 16.0 Å². The fraction of sp³-hybridized carbons (Fsp3) is 0.500. The van der Waals surface area contributed by atoms with Crippen LogP contribution in [-0.2, 0) is 0 Å². The predicted molar refractivity (Wildman–Crippen MR) is 81.6 cm³/mol. The van der Waals surface area contributed by atoms with Crippen molar-refractivity contribution in [3.05, 3.63) is 28.2 Å². The van der Waals surface area contributed by atoms with E-state index < -0.39 is 0 Å². The van der Waals surface area contributed by atoms with E-state index >= 15 is 0 Å². The number of anilines is 1. The molecule has 19 heavy (non-hydrogen) atoms. The number of halogens is 1. The zero-order valence-electron chi connectivity index (χ0n) is 11.2. The molecule has 0 saturated carbocycles. The predicted octanol–water partition coefficient (Wildman–Crippen LogP) is 2.13. The summed E-state index contributed by atoms with van der Waals surface area (Å²) in [4.78, 5) is 14.0. The lowest BCUT2D eigenvalue weighted by Gasteiger charge is -2.32. The molecule has 1 aliphatic heterocycles. The van der Waals surface area contributed by atoms with E-state index in [1.165, 1.54) is 0 Å². The van der Waals surface area contributed by atoms with E-state index in [4.69, 9.17) is 5.73 Å². The van der Waals surface area contributed by atoms with Crippen molar-refractivity contribution in [2.24, 2.45) is 5.73 Å². The van der Waals surface area contributed by atoms with E-state index in [-0.39, 0.29) is 5.91 Å². The Bertz CT molecular complexity index is 458. The maximum Gasteiger partial charge on any atom is 0.251 e. The van der Waals surface area contributed by atoms with Gasteiger partial charge in [-0.05, 0) is 47.4 Å². The summed E-state index contributed by atoms with van der Waals surface area (Å²) in [6.45, 7) is 5.08. The second-order valence-electron chi connectivity index (χ2n) is 4.84. The summed E-state index contributed by atoms with van der Waals surface area (Å²) in [6.07, 6.45) is 2.14. The smallest absolute Gasteiger partial charge is 0.251 e. The summed E-state index contributed by atoms with van der Waals surface area (Å²) in [5.74, 6) is -0.380. The van der Waals surface area contributed by atoms with E-state index in [2.05, 4.69) is 33.1 Å². The first-order valence-corrected chi connectivity index (χ1v) is 7.50. The molecule has 1 aliphatic rings. The number of carbonyl (C=O) groups excluding carboxylic acids is 1. The summed E-state index contributed by atoms with van der Waals surface area (Å²) >= 11 is 3.43. The molecule has 2 rings (SSSR count). The van der Waals surface area contributed by atoms with Gasteiger partial charge in [-0.1, -0.05) is 13.0 Å². The molecule has 1 unspecified atom stereocenters. The van der Waals surface area contributed by atoms with Gasteiger partial charge >= 0.3 is 0 Å². The number of carbonyl (C=O) groups is 1. The number of hydrogen-bond donors (Lipinski definition) is 2. The highest BCUT2D eigenvalue weighted by atomic mass is 79.9. The Morgan fingerprint density at radius 3 is 2.95 bits per heavy atom. The molecule has 1 atom stereocenters. The van der Waals surface area contributed by atoms with Crippen molar-refractivity contribution in [2.75, 3.05) is 24.5 Å². The molecule has 1 fully saturated rings. The number of nitrogens with two attached hydrogens (primary N) is 1. The molecule has 5 heteroatoms. The molecular weight excluding hydrogens is 306 g/mol. The lowest BCUT2D eigenvalue weighted by Crippen LogP contribution is -2.39. The summed E-state index contributed by atoms with van der Waals surface area (Å²) in [5, 5.41) is 3.37. The normalized spacial score (nSPS) is 18.5. The highest BCUT2D eigenvalue weighted by molar-refractivity contribution is 9.10. The minimum absolute atomic E-state index is 0.380. The average molecular weight is 326 g/mol. The van der Waals surface area contributed by atoms with Gasteiger partial charge in [0, 0.05) is 23.6 Å². The second kappa shape index (κ2) is 6.39. The van der Waals surface area contributed by atoms with Crippen LogP contribution in [0.5, 0.6) is 0 Å². The van der Waals surface area contributed by atoms with Crippen molar-refractivity contribution < 1.29 is 4.79 Å². The minimum atomic E-state index is -0.380. The number of benzene rings is 1. The Morgan fingerprint density at radius 1 is 1.58 bits per heavy atom. The van der Waals surface area contributed by atoms with Gasteiger partial charge in [-0.3, -0.25) is 4.79 Å². The van der Waals surface area contributed by atoms with Gasteiger partial charge in [-0.25, -0.2) is 0 Å². The molecule has 0 radical (unpaired) electrons. The lowest BCUT2D eigenvalue weighted by atomic mass is 10.1. The monoisotopic (exact) mass is 325 g/mol. The third kappa shape index (κ3) is 3.09. The van der Waals surface area contributed by atoms with Crippen LogP contribution in [0.15, 0.2) is 22.7 Å². The van der Waals surface area contributed by atoms with Crippen LogP contribution >= 0.6 is 15.9 Å². The summed E-state index contributed by atoms with van der Waals surface area (Å²) in [7, 11) is 0. The fourth-order valence-electron chi connectivity index (χ4n) is 2.64. The number of nitrogens with zero attached hydrogens (tertiary/aromatic N) is 1. The van der Waals surface area contributed by atoms with Crippen molar-refractivity contribution in [1.29, 1.82) is 0 Å². The summed E-state index contributed by atoms with van der Waals surface area (Å²) in [6, 6.07) is 6.24. The second-order valence-corrected chi connectivity index (χ2v) is 5.69. The number of amides is 1. The molecule has 4 nitrogen and oxygen atoms in total. The zero-order chi connectivity index (χ0) is 13.8. The van der Waals surface area contributed by atoms with Crippen molar-refractivity contribution in [1.82, 2.24) is 5.32 Å². The number of primary amides is 1. The van der Waals surface area contributed by atoms with Crippen LogP contribution in [0.25, 0.3) is 0 Å². The zero-order valence-corrected chi connectivity index (χ0v) is 12.7. The third-order valence-corrected chi connectivity index (χ3v) is 4.15. The van der Waals surface area contributed by atoms with Crippen LogP contribution in [0, 0.1) is 0 Å². The largest absolute Gasteiger partial charge is 0.367 e. The number of rotatable bonds is 5. The number of hydrogen-bond acceptors (Lipinski definition) is 3. The maximum atomic E-state index is 11.7. The Balaban J connectivity index is 2.40. The molecule has 0 bridgehead atoms. The average Bonchev–Trinajstić information content (AvgIpc) is 2.88. The van der Waals surface area contributed by atoms with Gasteiger partial charge in [-0.2, -0.15) is 0 Å². The third-order valence-electron chi connectivity index (χ3n) is 3.49. The highest BCUT2D eigenvalue weighted by Gasteiger charge is 2.25. The van der Waals surface area contributed by atoms with Crippen LogP contribution in [0.3, 0.4) is 0 Å². The molecule has 104 valence electrons. The van der Waals surface area contributed by atoms with Crippen molar-refractivity contribution >= 4 is 27.5 Å². The van der Waals surface area contributed by atoms with Crippen molar-refractivity contribution in [2.45, 2.75) is 25.8 Å². The van der Waals surface area contributed by atoms with E-state index in [1.807, 2.05) is 18.2 Å². The van der Waals surface area contributed by atoms with Gasteiger partial charge in [0.2, 0.25) is 0 Å². The van der Waals surface area contributed by atoms with E-state index in [0.717, 1.165) is 42.6 Å². The Hall–Kier alpha value is -1.07. The Morgan fingerprint density at radius 2 is 2.37 bits per heavy atom. The van der Waals surface area contributed by atoms with Gasteiger partial charge in [0.25, 0.3) is 5.91 Å². The van der Waals surface area contributed by atoms with Crippen LogP contribution < -0.4 is 16.0 Å². The molecule has 3 N–H and O–H groups in total. The summed E-state index contributed by atoms with van der Waals surface area (Å²) < 4.78 is 0.768. The van der Waals surface area contributed by atoms with Gasteiger partial charge in [0.1, 0.15) is 0 Å². The Kier molecular flexibility index (Phi) is 4.82. The SMILES string of the molecule is CCCN(c1cccc(Br)c1C(N)=O)C1CCNC1. The first-order chi connectivity index (χ1) is 9.15. The topological polar surface area (TPSA) is 58.4 Å². The molecule has 0 spiro atoms. The molecule has 1 aromatic rings. The van der Waals surface area contributed by atoms with Gasteiger partial charge in [0.05, 0.1) is 11.3 Å². The van der Waals surface area contributed by atoms with Crippen LogP contribution in [0.2, 0.25) is 0 Å². The molecule has 1 heterocycles. The fourth-order valence-corrected chi connectivity index (χ4v) is 3.19. The van der Waals surface area contributed by atoms with Crippen LogP contribution in [0.1, 0.15) is 30.1 Å². The molecule has 1 saturated heterocycles. The van der Waals surface area contributed by atoms with Gasteiger partial charge in [0.15, 0.2) is 0 Å². The number of nitrogens with one attached hydrogen (secondary N) is 1. The molecular formula is C14H20BrN3O. The minimum Gasteiger partial charge on any atom is -0.367 e. The quantitative estimate of drug-likeness (QED) is 0.871. The summed E-state index contributed by atoms with van der Waals surface area (Å²) in [5.41, 5.74) is 7.06. The van der Waals surface area contributed by atoms with E-state index in [1.54, 1.807) is 0 Å². The van der Waals surface area contributed by atoms with Crippen LogP contribution in [-0.4, -0.2) is 31.6 Å². The lowest BCUT2D eigenvalue weighted by molar-refractivity contribution is 0.1000. The Labute approximate surface area is 122 Å². The van der Waals surface area contributed by atoms with Gasteiger partial charge in [-0.15, -0.1) is 0 Å².